The first-order valence-electron chi connectivity index (χ1n) is 5.02. The standard InChI is InChI=1S/C10H18N3/c1-9-12(2)6-7-13(9)8-10-4-3-5-11-10/h6-7,10-11H,3-5,8H2,1-2H3/q+1/t10-/m0/s1. The number of nitrogens with zero attached hydrogens (tertiary/aromatic N) is 2. The van der Waals surface area contributed by atoms with Crippen molar-refractivity contribution in [3.63, 3.8) is 0 Å². The zero-order valence-electron chi connectivity index (χ0n) is 8.45. The molecule has 13 heavy (non-hydrogen) atoms. The maximum absolute atomic E-state index is 3.51. The van der Waals surface area contributed by atoms with Crippen molar-refractivity contribution in [1.82, 2.24) is 9.88 Å². The van der Waals surface area contributed by atoms with E-state index >= 15 is 0 Å². The van der Waals surface area contributed by atoms with Gasteiger partial charge in [-0.1, -0.05) is 0 Å². The molecule has 2 heterocycles. The van der Waals surface area contributed by atoms with Crippen LogP contribution in [0, 0.1) is 6.92 Å². The van der Waals surface area contributed by atoms with E-state index in [1.165, 1.54) is 25.2 Å². The van der Waals surface area contributed by atoms with E-state index in [0.717, 1.165) is 6.54 Å². The van der Waals surface area contributed by atoms with Crippen LogP contribution in [0.15, 0.2) is 12.4 Å². The number of hydrogen-bond acceptors (Lipinski definition) is 1. The molecule has 0 amide bonds. The van der Waals surface area contributed by atoms with Gasteiger partial charge in [0.15, 0.2) is 0 Å². The number of aryl methyl sites for hydroxylation is 1. The molecule has 0 aromatic carbocycles. The molecule has 0 aliphatic carbocycles. The maximum Gasteiger partial charge on any atom is 0.253 e. The summed E-state index contributed by atoms with van der Waals surface area (Å²) in [6, 6.07) is 0.686. The Bertz CT molecular complexity index is 284. The fourth-order valence-electron chi connectivity index (χ4n) is 1.94. The molecule has 0 saturated carbocycles. The molecule has 1 aliphatic rings. The molecule has 0 unspecified atom stereocenters. The Morgan fingerprint density at radius 2 is 2.54 bits per heavy atom. The van der Waals surface area contributed by atoms with Gasteiger partial charge in [0.1, 0.15) is 18.9 Å². The molecule has 2 rings (SSSR count). The van der Waals surface area contributed by atoms with Gasteiger partial charge in [-0.2, -0.15) is 0 Å². The van der Waals surface area contributed by atoms with Gasteiger partial charge in [0, 0.05) is 13.0 Å². The van der Waals surface area contributed by atoms with Crippen LogP contribution in [-0.2, 0) is 13.6 Å². The Morgan fingerprint density at radius 1 is 1.69 bits per heavy atom. The summed E-state index contributed by atoms with van der Waals surface area (Å²) in [5.74, 6) is 1.33. The second-order valence-electron chi connectivity index (χ2n) is 3.90. The lowest BCUT2D eigenvalue weighted by Crippen LogP contribution is -2.32. The lowest BCUT2D eigenvalue weighted by Gasteiger charge is -2.07. The van der Waals surface area contributed by atoms with Gasteiger partial charge in [-0.25, -0.2) is 9.13 Å². The molecular weight excluding hydrogens is 162 g/mol. The van der Waals surface area contributed by atoms with Gasteiger partial charge in [0.05, 0.1) is 7.05 Å². The summed E-state index contributed by atoms with van der Waals surface area (Å²) < 4.78 is 4.48. The summed E-state index contributed by atoms with van der Waals surface area (Å²) in [5, 5.41) is 3.51. The lowest BCUT2D eigenvalue weighted by molar-refractivity contribution is -0.677. The van der Waals surface area contributed by atoms with Gasteiger partial charge in [-0.15, -0.1) is 0 Å². The van der Waals surface area contributed by atoms with Crippen molar-refractivity contribution in [3.05, 3.63) is 18.2 Å². The molecule has 1 saturated heterocycles. The Balaban J connectivity index is 2.04. The summed E-state index contributed by atoms with van der Waals surface area (Å²) in [6.07, 6.45) is 6.93. The highest BCUT2D eigenvalue weighted by Gasteiger charge is 2.18. The molecule has 0 radical (unpaired) electrons. The Kier molecular flexibility index (Phi) is 2.36. The number of rotatable bonds is 2. The summed E-state index contributed by atoms with van der Waals surface area (Å²) in [4.78, 5) is 0. The zero-order chi connectivity index (χ0) is 9.26. The smallest absolute Gasteiger partial charge is 0.253 e. The number of hydrogen-bond donors (Lipinski definition) is 1. The average molecular weight is 180 g/mol. The third kappa shape index (κ3) is 1.75. The predicted octanol–water partition coefficient (Wildman–Crippen LogP) is 0.373. The van der Waals surface area contributed by atoms with E-state index in [0.29, 0.717) is 6.04 Å². The van der Waals surface area contributed by atoms with E-state index in [1.807, 2.05) is 0 Å². The van der Waals surface area contributed by atoms with Crippen LogP contribution in [-0.4, -0.2) is 17.2 Å². The highest BCUT2D eigenvalue weighted by Crippen LogP contribution is 2.07. The maximum atomic E-state index is 3.51. The first kappa shape index (κ1) is 8.75. The SMILES string of the molecule is Cc1n(C[C@@H]2CCCN2)cc[n+]1C. The van der Waals surface area contributed by atoms with Crippen molar-refractivity contribution in [2.24, 2.45) is 7.05 Å². The molecule has 1 aromatic rings. The second-order valence-corrected chi connectivity index (χ2v) is 3.90. The van der Waals surface area contributed by atoms with Crippen LogP contribution in [0.25, 0.3) is 0 Å². The summed E-state index contributed by atoms with van der Waals surface area (Å²) in [6.45, 7) is 4.47. The third-order valence-corrected chi connectivity index (χ3v) is 2.98. The van der Waals surface area contributed by atoms with E-state index in [9.17, 15) is 0 Å². The van der Waals surface area contributed by atoms with E-state index in [-0.39, 0.29) is 0 Å². The normalized spacial score (nSPS) is 22.5. The van der Waals surface area contributed by atoms with Gasteiger partial charge < -0.3 is 5.32 Å². The van der Waals surface area contributed by atoms with Crippen LogP contribution in [0.3, 0.4) is 0 Å². The third-order valence-electron chi connectivity index (χ3n) is 2.98. The molecule has 3 heteroatoms. The fourth-order valence-corrected chi connectivity index (χ4v) is 1.94. The number of aromatic nitrogens is 2. The largest absolute Gasteiger partial charge is 0.310 e. The predicted molar refractivity (Wildman–Crippen MR) is 51.4 cm³/mol. The molecule has 1 aliphatic heterocycles. The summed E-state index contributed by atoms with van der Waals surface area (Å²) in [5.41, 5.74) is 0. The van der Waals surface area contributed by atoms with Gasteiger partial charge >= 0.3 is 0 Å². The lowest BCUT2D eigenvalue weighted by atomic mass is 10.2. The van der Waals surface area contributed by atoms with Crippen LogP contribution in [0.2, 0.25) is 0 Å². The topological polar surface area (TPSA) is 20.8 Å². The van der Waals surface area contributed by atoms with Gasteiger partial charge in [-0.05, 0) is 19.4 Å². The quantitative estimate of drug-likeness (QED) is 0.652. The molecule has 3 nitrogen and oxygen atoms in total. The first-order valence-corrected chi connectivity index (χ1v) is 5.02. The van der Waals surface area contributed by atoms with Crippen LogP contribution < -0.4 is 9.88 Å². The van der Waals surface area contributed by atoms with E-state index in [1.54, 1.807) is 0 Å². The first-order chi connectivity index (χ1) is 6.27. The van der Waals surface area contributed by atoms with Crippen molar-refractivity contribution < 1.29 is 4.57 Å². The van der Waals surface area contributed by atoms with E-state index in [2.05, 4.69) is 40.8 Å². The van der Waals surface area contributed by atoms with Crippen molar-refractivity contribution in [3.8, 4) is 0 Å². The Morgan fingerprint density at radius 3 is 3.08 bits per heavy atom. The van der Waals surface area contributed by atoms with Crippen molar-refractivity contribution in [2.75, 3.05) is 6.54 Å². The summed E-state index contributed by atoms with van der Waals surface area (Å²) in [7, 11) is 2.09. The van der Waals surface area contributed by atoms with Crippen LogP contribution in [0.5, 0.6) is 0 Å². The molecule has 1 fully saturated rings. The molecule has 1 aromatic heterocycles. The van der Waals surface area contributed by atoms with Gasteiger partial charge in [0.2, 0.25) is 0 Å². The van der Waals surface area contributed by atoms with Crippen molar-refractivity contribution >= 4 is 0 Å². The van der Waals surface area contributed by atoms with Crippen LogP contribution >= 0.6 is 0 Å². The van der Waals surface area contributed by atoms with Crippen LogP contribution in [0.1, 0.15) is 18.7 Å². The van der Waals surface area contributed by atoms with Crippen LogP contribution in [0.4, 0.5) is 0 Å². The molecule has 72 valence electrons. The average Bonchev–Trinajstić information content (AvgIpc) is 2.71. The van der Waals surface area contributed by atoms with Gasteiger partial charge in [0.25, 0.3) is 5.82 Å². The Labute approximate surface area is 79.4 Å². The van der Waals surface area contributed by atoms with E-state index in [4.69, 9.17) is 0 Å². The second kappa shape index (κ2) is 3.50. The summed E-state index contributed by atoms with van der Waals surface area (Å²) >= 11 is 0. The van der Waals surface area contributed by atoms with E-state index < -0.39 is 0 Å². The molecule has 1 N–H and O–H groups in total. The van der Waals surface area contributed by atoms with Crippen molar-refractivity contribution in [2.45, 2.75) is 32.4 Å². The minimum absolute atomic E-state index is 0.686. The highest BCUT2D eigenvalue weighted by molar-refractivity contribution is 4.84. The molecule has 0 bridgehead atoms. The minimum atomic E-state index is 0.686. The Hall–Kier alpha value is -0.830. The molecule has 1 atom stereocenters. The van der Waals surface area contributed by atoms with Crippen molar-refractivity contribution in [1.29, 1.82) is 0 Å². The number of nitrogens with one attached hydrogen (secondary N) is 1. The highest BCUT2D eigenvalue weighted by atomic mass is 15.1. The zero-order valence-corrected chi connectivity index (χ0v) is 8.45. The number of imidazole rings is 1. The fraction of sp³-hybridized carbons (Fsp3) is 0.700. The molecule has 0 spiro atoms. The monoisotopic (exact) mass is 180 g/mol. The molecular formula is C10H18N3+. The minimum Gasteiger partial charge on any atom is -0.310 e. The van der Waals surface area contributed by atoms with Gasteiger partial charge in [-0.3, -0.25) is 0 Å².